The van der Waals surface area contributed by atoms with E-state index >= 15 is 0 Å². The summed E-state index contributed by atoms with van der Waals surface area (Å²) in [6, 6.07) is 5.88. The van der Waals surface area contributed by atoms with Gasteiger partial charge in [0.25, 0.3) is 0 Å². The number of aromatic nitrogens is 2. The largest absolute Gasteiger partial charge is 0.492 e. The van der Waals surface area contributed by atoms with Crippen molar-refractivity contribution in [1.29, 1.82) is 0 Å². The van der Waals surface area contributed by atoms with Gasteiger partial charge >= 0.3 is 0 Å². The molecule has 138 valence electrons. The SMILES string of the molecule is Fc1cnccc1CN1CC2(CCCCC2)CC1COc1ccncc1. The lowest BCUT2D eigenvalue weighted by molar-refractivity contribution is 0.158. The first-order valence-corrected chi connectivity index (χ1v) is 9.59. The summed E-state index contributed by atoms with van der Waals surface area (Å²) in [6.45, 7) is 2.30. The molecule has 2 aromatic heterocycles. The summed E-state index contributed by atoms with van der Waals surface area (Å²) < 4.78 is 20.2. The van der Waals surface area contributed by atoms with Gasteiger partial charge in [0.15, 0.2) is 0 Å². The number of hydrogen-bond acceptors (Lipinski definition) is 4. The topological polar surface area (TPSA) is 38.2 Å². The summed E-state index contributed by atoms with van der Waals surface area (Å²) >= 11 is 0. The van der Waals surface area contributed by atoms with Crippen molar-refractivity contribution in [2.45, 2.75) is 51.1 Å². The predicted octanol–water partition coefficient (Wildman–Crippen LogP) is 4.22. The molecule has 3 heterocycles. The second-order valence-corrected chi connectivity index (χ2v) is 7.78. The molecule has 5 heteroatoms. The fraction of sp³-hybridized carbons (Fsp3) is 0.524. The molecule has 0 N–H and O–H groups in total. The van der Waals surface area contributed by atoms with Gasteiger partial charge in [-0.05, 0) is 42.9 Å². The van der Waals surface area contributed by atoms with Gasteiger partial charge in [-0.1, -0.05) is 19.3 Å². The van der Waals surface area contributed by atoms with Crippen LogP contribution in [-0.4, -0.2) is 34.1 Å². The van der Waals surface area contributed by atoms with E-state index in [1.807, 2.05) is 12.1 Å². The van der Waals surface area contributed by atoms with E-state index in [0.29, 0.717) is 24.6 Å². The molecule has 4 nitrogen and oxygen atoms in total. The second kappa shape index (κ2) is 7.70. The van der Waals surface area contributed by atoms with Crippen molar-refractivity contribution < 1.29 is 9.13 Å². The molecule has 1 saturated heterocycles. The summed E-state index contributed by atoms with van der Waals surface area (Å²) in [7, 11) is 0. The zero-order valence-electron chi connectivity index (χ0n) is 15.1. The van der Waals surface area contributed by atoms with Gasteiger partial charge in [-0.2, -0.15) is 0 Å². The average molecular weight is 355 g/mol. The number of likely N-dealkylation sites (tertiary alicyclic amines) is 1. The van der Waals surface area contributed by atoms with Crippen molar-refractivity contribution in [3.8, 4) is 5.75 Å². The Bertz CT molecular complexity index is 718. The number of halogens is 1. The number of ether oxygens (including phenoxy) is 1. The average Bonchev–Trinajstić information content (AvgIpc) is 3.00. The fourth-order valence-corrected chi connectivity index (χ4v) is 4.64. The molecule has 0 radical (unpaired) electrons. The molecule has 1 atom stereocenters. The summed E-state index contributed by atoms with van der Waals surface area (Å²) in [5, 5.41) is 0. The molecule has 0 bridgehead atoms. The zero-order chi connectivity index (χ0) is 17.8. The highest BCUT2D eigenvalue weighted by Gasteiger charge is 2.44. The van der Waals surface area contributed by atoms with Crippen molar-refractivity contribution in [3.63, 3.8) is 0 Å². The fourth-order valence-electron chi connectivity index (χ4n) is 4.64. The quantitative estimate of drug-likeness (QED) is 0.805. The standard InChI is InChI=1S/C21H26FN3O/c22-20-13-24-9-4-17(20)14-25-16-21(7-2-1-3-8-21)12-18(25)15-26-19-5-10-23-11-6-19/h4-6,9-11,13,18H,1-3,7-8,12,14-16H2. The highest BCUT2D eigenvalue weighted by Crippen LogP contribution is 2.46. The van der Waals surface area contributed by atoms with E-state index in [2.05, 4.69) is 14.9 Å². The van der Waals surface area contributed by atoms with Crippen LogP contribution in [0.4, 0.5) is 4.39 Å². The summed E-state index contributed by atoms with van der Waals surface area (Å²) in [5.74, 6) is 0.630. The van der Waals surface area contributed by atoms with Gasteiger partial charge in [-0.3, -0.25) is 14.9 Å². The Hall–Kier alpha value is -2.01. The Labute approximate surface area is 154 Å². The van der Waals surface area contributed by atoms with Crippen molar-refractivity contribution in [1.82, 2.24) is 14.9 Å². The van der Waals surface area contributed by atoms with Gasteiger partial charge < -0.3 is 4.74 Å². The van der Waals surface area contributed by atoms with Gasteiger partial charge in [0, 0.05) is 43.3 Å². The Balaban J connectivity index is 1.49. The third kappa shape index (κ3) is 3.88. The van der Waals surface area contributed by atoms with Crippen LogP contribution in [0.25, 0.3) is 0 Å². The molecule has 4 rings (SSSR count). The molecule has 1 aliphatic carbocycles. The van der Waals surface area contributed by atoms with Crippen LogP contribution in [0.2, 0.25) is 0 Å². The van der Waals surface area contributed by atoms with E-state index < -0.39 is 0 Å². The van der Waals surface area contributed by atoms with E-state index in [0.717, 1.165) is 24.3 Å². The molecule has 1 spiro atoms. The predicted molar refractivity (Wildman–Crippen MR) is 98.3 cm³/mol. The number of nitrogens with zero attached hydrogens (tertiary/aromatic N) is 3. The molecule has 0 aromatic carbocycles. The van der Waals surface area contributed by atoms with Crippen LogP contribution >= 0.6 is 0 Å². The molecule has 2 aromatic rings. The number of rotatable bonds is 5. The molecule has 1 saturated carbocycles. The minimum absolute atomic E-state index is 0.217. The van der Waals surface area contributed by atoms with Crippen LogP contribution in [0.1, 0.15) is 44.1 Å². The summed E-state index contributed by atoms with van der Waals surface area (Å²) in [4.78, 5) is 10.3. The summed E-state index contributed by atoms with van der Waals surface area (Å²) in [6.07, 6.45) is 14.2. The first-order valence-electron chi connectivity index (χ1n) is 9.59. The second-order valence-electron chi connectivity index (χ2n) is 7.78. The maximum absolute atomic E-state index is 14.1. The Kier molecular flexibility index (Phi) is 5.16. The first-order chi connectivity index (χ1) is 12.7. The van der Waals surface area contributed by atoms with Crippen LogP contribution in [0.5, 0.6) is 5.75 Å². The van der Waals surface area contributed by atoms with E-state index in [9.17, 15) is 4.39 Å². The van der Waals surface area contributed by atoms with E-state index in [-0.39, 0.29) is 5.82 Å². The number of hydrogen-bond donors (Lipinski definition) is 0. The summed E-state index contributed by atoms with van der Waals surface area (Å²) in [5.41, 5.74) is 1.11. The van der Waals surface area contributed by atoms with Crippen LogP contribution in [-0.2, 0) is 6.54 Å². The van der Waals surface area contributed by atoms with E-state index in [1.165, 1.54) is 38.3 Å². The Morgan fingerprint density at radius 2 is 1.85 bits per heavy atom. The first kappa shape index (κ1) is 17.4. The molecule has 26 heavy (non-hydrogen) atoms. The lowest BCUT2D eigenvalue weighted by Crippen LogP contribution is -2.34. The highest BCUT2D eigenvalue weighted by atomic mass is 19.1. The molecule has 1 unspecified atom stereocenters. The third-order valence-corrected chi connectivity index (χ3v) is 5.96. The normalized spacial score (nSPS) is 22.6. The highest BCUT2D eigenvalue weighted by molar-refractivity contribution is 5.17. The minimum atomic E-state index is -0.217. The van der Waals surface area contributed by atoms with Gasteiger partial charge in [0.05, 0.1) is 6.20 Å². The van der Waals surface area contributed by atoms with Crippen LogP contribution in [0.3, 0.4) is 0 Å². The van der Waals surface area contributed by atoms with Crippen LogP contribution in [0.15, 0.2) is 43.0 Å². The number of pyridine rings is 2. The Morgan fingerprint density at radius 3 is 2.62 bits per heavy atom. The van der Waals surface area contributed by atoms with E-state index in [4.69, 9.17) is 4.74 Å². The van der Waals surface area contributed by atoms with Gasteiger partial charge in [0.1, 0.15) is 18.2 Å². The maximum Gasteiger partial charge on any atom is 0.145 e. The molecule has 1 aliphatic heterocycles. The maximum atomic E-state index is 14.1. The lowest BCUT2D eigenvalue weighted by Gasteiger charge is -2.33. The van der Waals surface area contributed by atoms with Crippen molar-refractivity contribution in [2.75, 3.05) is 13.2 Å². The smallest absolute Gasteiger partial charge is 0.145 e. The lowest BCUT2D eigenvalue weighted by atomic mass is 9.73. The van der Waals surface area contributed by atoms with Crippen LogP contribution in [0, 0.1) is 11.2 Å². The van der Waals surface area contributed by atoms with Crippen LogP contribution < -0.4 is 4.74 Å². The molecular formula is C21H26FN3O. The third-order valence-electron chi connectivity index (χ3n) is 5.96. The van der Waals surface area contributed by atoms with E-state index in [1.54, 1.807) is 24.7 Å². The molecule has 2 aliphatic rings. The van der Waals surface area contributed by atoms with Gasteiger partial charge in [0.2, 0.25) is 0 Å². The van der Waals surface area contributed by atoms with Gasteiger partial charge in [-0.15, -0.1) is 0 Å². The monoisotopic (exact) mass is 355 g/mol. The van der Waals surface area contributed by atoms with Gasteiger partial charge in [-0.25, -0.2) is 4.39 Å². The van der Waals surface area contributed by atoms with Crippen molar-refractivity contribution in [3.05, 3.63) is 54.4 Å². The Morgan fingerprint density at radius 1 is 1.08 bits per heavy atom. The molecular weight excluding hydrogens is 329 g/mol. The zero-order valence-corrected chi connectivity index (χ0v) is 15.1. The molecule has 0 amide bonds. The van der Waals surface area contributed by atoms with Crippen molar-refractivity contribution in [2.24, 2.45) is 5.41 Å². The molecule has 2 fully saturated rings. The minimum Gasteiger partial charge on any atom is -0.492 e. The van der Waals surface area contributed by atoms with Crippen molar-refractivity contribution >= 4 is 0 Å².